The Morgan fingerprint density at radius 2 is 2.14 bits per heavy atom. The number of pyridine rings is 1. The average Bonchev–Trinajstić information content (AvgIpc) is 2.93. The van der Waals surface area contributed by atoms with Crippen LogP contribution in [-0.2, 0) is 19.5 Å². The van der Waals surface area contributed by atoms with Gasteiger partial charge in [-0.05, 0) is 50.8 Å². The third-order valence-electron chi connectivity index (χ3n) is 5.37. The zero-order valence-corrected chi connectivity index (χ0v) is 13.4. The fraction of sp³-hybridized carbons (Fsp3) is 0.611. The predicted molar refractivity (Wildman–Crippen MR) is 87.9 cm³/mol. The first-order chi connectivity index (χ1) is 10.7. The van der Waals surface area contributed by atoms with E-state index in [2.05, 4.69) is 27.9 Å². The van der Waals surface area contributed by atoms with Gasteiger partial charge in [-0.15, -0.1) is 0 Å². The second-order valence-corrected chi connectivity index (χ2v) is 7.07. The number of fused-ring (bicyclic) bond motifs is 3. The Labute approximate surface area is 131 Å². The van der Waals surface area contributed by atoms with E-state index in [4.69, 9.17) is 0 Å². The molecule has 0 unspecified atom stereocenters. The van der Waals surface area contributed by atoms with Gasteiger partial charge in [-0.1, -0.05) is 12.8 Å². The Bertz CT molecular complexity index is 698. The molecule has 0 saturated heterocycles. The van der Waals surface area contributed by atoms with Gasteiger partial charge in [0, 0.05) is 23.3 Å². The van der Waals surface area contributed by atoms with Gasteiger partial charge < -0.3 is 15.0 Å². The number of rotatable bonds is 2. The minimum atomic E-state index is -0.523. The van der Waals surface area contributed by atoms with Gasteiger partial charge in [0.25, 0.3) is 0 Å². The summed E-state index contributed by atoms with van der Waals surface area (Å²) in [6.45, 7) is 4.78. The second-order valence-electron chi connectivity index (χ2n) is 7.07. The molecule has 0 bridgehead atoms. The maximum atomic E-state index is 10.9. The molecule has 2 aromatic rings. The summed E-state index contributed by atoms with van der Waals surface area (Å²) >= 11 is 0. The predicted octanol–water partition coefficient (Wildman–Crippen LogP) is 2.69. The quantitative estimate of drug-likeness (QED) is 0.896. The molecule has 22 heavy (non-hydrogen) atoms. The molecule has 4 rings (SSSR count). The fourth-order valence-electron chi connectivity index (χ4n) is 4.22. The summed E-state index contributed by atoms with van der Waals surface area (Å²) in [5.74, 6) is 0. The number of nitrogens with zero attached hydrogens (tertiary/aromatic N) is 2. The first-order valence-corrected chi connectivity index (χ1v) is 8.56. The van der Waals surface area contributed by atoms with Crippen molar-refractivity contribution >= 4 is 10.9 Å². The smallest absolute Gasteiger partial charge is 0.0826 e. The number of aliphatic hydroxyl groups is 1. The normalized spacial score (nSPS) is 21.0. The number of hydrogen-bond donors (Lipinski definition) is 2. The Morgan fingerprint density at radius 3 is 2.95 bits per heavy atom. The van der Waals surface area contributed by atoms with Crippen LogP contribution in [-0.4, -0.2) is 26.8 Å². The lowest BCUT2D eigenvalue weighted by Crippen LogP contribution is -2.31. The minimum absolute atomic E-state index is 0.523. The van der Waals surface area contributed by atoms with Crippen LogP contribution in [0.1, 0.15) is 49.1 Å². The van der Waals surface area contributed by atoms with Crippen molar-refractivity contribution in [3.05, 3.63) is 29.2 Å². The van der Waals surface area contributed by atoms with Gasteiger partial charge >= 0.3 is 0 Å². The minimum Gasteiger partial charge on any atom is -0.388 e. The molecule has 4 heteroatoms. The maximum Gasteiger partial charge on any atom is 0.0826 e. The monoisotopic (exact) mass is 299 g/mol. The molecule has 1 saturated carbocycles. The average molecular weight is 299 g/mol. The Balaban J connectivity index is 1.86. The first-order valence-electron chi connectivity index (χ1n) is 8.56. The summed E-state index contributed by atoms with van der Waals surface area (Å²) < 4.78 is 2.37. The SMILES string of the molecule is Cc1cc2c3c(n(CC4(O)CCCC4)c2cn1)CCCNC3. The van der Waals surface area contributed by atoms with Gasteiger partial charge in [-0.3, -0.25) is 4.98 Å². The molecule has 1 fully saturated rings. The lowest BCUT2D eigenvalue weighted by atomic mass is 10.0. The lowest BCUT2D eigenvalue weighted by Gasteiger charge is -2.25. The summed E-state index contributed by atoms with van der Waals surface area (Å²) in [6.07, 6.45) is 8.41. The van der Waals surface area contributed by atoms with Crippen molar-refractivity contribution in [2.75, 3.05) is 6.54 Å². The first kappa shape index (κ1) is 14.2. The van der Waals surface area contributed by atoms with E-state index in [1.807, 2.05) is 6.20 Å². The van der Waals surface area contributed by atoms with E-state index in [0.29, 0.717) is 0 Å². The van der Waals surface area contributed by atoms with Crippen molar-refractivity contribution in [1.82, 2.24) is 14.9 Å². The van der Waals surface area contributed by atoms with E-state index in [0.717, 1.165) is 63.9 Å². The summed E-state index contributed by atoms with van der Waals surface area (Å²) in [4.78, 5) is 4.51. The second kappa shape index (κ2) is 5.36. The van der Waals surface area contributed by atoms with Crippen LogP contribution >= 0.6 is 0 Å². The highest BCUT2D eigenvalue weighted by Gasteiger charge is 2.33. The molecule has 1 aliphatic carbocycles. The van der Waals surface area contributed by atoms with Gasteiger partial charge in [-0.2, -0.15) is 0 Å². The molecule has 1 aliphatic heterocycles. The summed E-state index contributed by atoms with van der Waals surface area (Å²) in [5.41, 5.74) is 4.56. The summed E-state index contributed by atoms with van der Waals surface area (Å²) in [6, 6.07) is 2.20. The molecule has 0 aromatic carbocycles. The van der Waals surface area contributed by atoms with Crippen molar-refractivity contribution in [2.45, 2.75) is 64.1 Å². The largest absolute Gasteiger partial charge is 0.388 e. The molecule has 4 nitrogen and oxygen atoms in total. The summed E-state index contributed by atoms with van der Waals surface area (Å²) in [7, 11) is 0. The van der Waals surface area contributed by atoms with Crippen LogP contribution in [0.25, 0.3) is 10.9 Å². The van der Waals surface area contributed by atoms with Crippen LogP contribution in [0.15, 0.2) is 12.3 Å². The molecule has 2 aliphatic rings. The molecular weight excluding hydrogens is 274 g/mol. The van der Waals surface area contributed by atoms with Gasteiger partial charge in [0.1, 0.15) is 0 Å². The Hall–Kier alpha value is -1.39. The van der Waals surface area contributed by atoms with Crippen LogP contribution in [0.5, 0.6) is 0 Å². The van der Waals surface area contributed by atoms with E-state index < -0.39 is 5.60 Å². The topological polar surface area (TPSA) is 50.1 Å². The molecule has 0 spiro atoms. The summed E-state index contributed by atoms with van der Waals surface area (Å²) in [5, 5.41) is 15.7. The molecule has 0 radical (unpaired) electrons. The Morgan fingerprint density at radius 1 is 1.32 bits per heavy atom. The van der Waals surface area contributed by atoms with Crippen molar-refractivity contribution in [3.63, 3.8) is 0 Å². The molecule has 3 heterocycles. The molecule has 118 valence electrons. The standard InChI is InChI=1S/C18H25N3O/c1-13-9-14-15-10-19-8-4-5-16(15)21(17(14)11-20-13)12-18(22)6-2-3-7-18/h9,11,19,22H,2-8,10,12H2,1H3. The van der Waals surface area contributed by atoms with Crippen LogP contribution in [0.3, 0.4) is 0 Å². The molecule has 2 aromatic heterocycles. The Kier molecular flexibility index (Phi) is 3.46. The molecule has 0 amide bonds. The van der Waals surface area contributed by atoms with Gasteiger partial charge in [0.15, 0.2) is 0 Å². The maximum absolute atomic E-state index is 10.9. The zero-order chi connectivity index (χ0) is 15.2. The van der Waals surface area contributed by atoms with Gasteiger partial charge in [0.05, 0.1) is 23.9 Å². The van der Waals surface area contributed by atoms with Gasteiger partial charge in [0.2, 0.25) is 0 Å². The fourth-order valence-corrected chi connectivity index (χ4v) is 4.22. The van der Waals surface area contributed by atoms with Gasteiger partial charge in [-0.25, -0.2) is 0 Å². The van der Waals surface area contributed by atoms with Crippen LogP contribution in [0, 0.1) is 6.92 Å². The highest BCUT2D eigenvalue weighted by Crippen LogP contribution is 2.35. The number of aryl methyl sites for hydroxylation is 1. The van der Waals surface area contributed by atoms with Crippen molar-refractivity contribution in [1.29, 1.82) is 0 Å². The molecular formula is C18H25N3O. The third kappa shape index (κ3) is 2.34. The third-order valence-corrected chi connectivity index (χ3v) is 5.37. The van der Waals surface area contributed by atoms with E-state index in [1.54, 1.807) is 0 Å². The van der Waals surface area contributed by atoms with Crippen LogP contribution in [0.4, 0.5) is 0 Å². The zero-order valence-electron chi connectivity index (χ0n) is 13.4. The number of aromatic nitrogens is 2. The van der Waals surface area contributed by atoms with E-state index in [9.17, 15) is 5.11 Å². The van der Waals surface area contributed by atoms with Crippen LogP contribution in [0.2, 0.25) is 0 Å². The highest BCUT2D eigenvalue weighted by molar-refractivity contribution is 5.85. The van der Waals surface area contributed by atoms with Crippen LogP contribution < -0.4 is 5.32 Å². The number of hydrogen-bond acceptors (Lipinski definition) is 3. The molecule has 2 N–H and O–H groups in total. The van der Waals surface area contributed by atoms with E-state index >= 15 is 0 Å². The molecule has 0 atom stereocenters. The highest BCUT2D eigenvalue weighted by atomic mass is 16.3. The van der Waals surface area contributed by atoms with Crippen molar-refractivity contribution < 1.29 is 5.11 Å². The van der Waals surface area contributed by atoms with E-state index in [1.165, 1.54) is 22.2 Å². The van der Waals surface area contributed by atoms with E-state index in [-0.39, 0.29) is 0 Å². The number of nitrogens with one attached hydrogen (secondary N) is 1. The van der Waals surface area contributed by atoms with Crippen molar-refractivity contribution in [2.24, 2.45) is 0 Å². The van der Waals surface area contributed by atoms with Crippen molar-refractivity contribution in [3.8, 4) is 0 Å². The lowest BCUT2D eigenvalue weighted by molar-refractivity contribution is 0.0304.